The fraction of sp³-hybridized carbons (Fsp3) is 0.189. The zero-order valence-corrected chi connectivity index (χ0v) is 36.4. The number of rotatable bonds is 4. The number of benzene rings is 6. The Morgan fingerprint density at radius 2 is 1.17 bits per heavy atom. The Bertz CT molecular complexity index is 3320. The van der Waals surface area contributed by atoms with Gasteiger partial charge in [-0.15, -0.1) is 0 Å². The van der Waals surface area contributed by atoms with Crippen LogP contribution in [0.3, 0.4) is 0 Å². The van der Waals surface area contributed by atoms with Crippen molar-refractivity contribution in [1.29, 1.82) is 0 Å². The number of anilines is 3. The van der Waals surface area contributed by atoms with Crippen molar-refractivity contribution in [3.05, 3.63) is 167 Å². The number of aromatic nitrogens is 3. The first-order chi connectivity index (χ1) is 30.9. The number of hydrogen-bond acceptors (Lipinski definition) is 6. The third kappa shape index (κ3) is 7.15. The van der Waals surface area contributed by atoms with Crippen LogP contribution in [0, 0.1) is 37.1 Å². The van der Waals surface area contributed by atoms with E-state index in [1.54, 1.807) is 6.92 Å². The summed E-state index contributed by atoms with van der Waals surface area (Å²) < 4.78 is 63.6. The van der Waals surface area contributed by atoms with E-state index in [-0.39, 0.29) is 21.3 Å². The van der Waals surface area contributed by atoms with Crippen molar-refractivity contribution in [2.45, 2.75) is 33.1 Å². The summed E-state index contributed by atoms with van der Waals surface area (Å²) in [7, 11) is 0. The van der Waals surface area contributed by atoms with Gasteiger partial charge in [-0.25, -0.2) is 27.5 Å². The smallest absolute Gasteiger partial charge is 0.137 e. The second-order valence-corrected chi connectivity index (χ2v) is 17.5. The molecule has 1 fully saturated rings. The van der Waals surface area contributed by atoms with Crippen molar-refractivity contribution in [2.75, 3.05) is 42.6 Å². The van der Waals surface area contributed by atoms with Gasteiger partial charge in [0.2, 0.25) is 0 Å². The predicted octanol–water partition coefficient (Wildman–Crippen LogP) is 13.6. The Morgan fingerprint density at radius 1 is 0.641 bits per heavy atom. The Morgan fingerprint density at radius 3 is 1.78 bits per heavy atom. The zero-order valence-electron chi connectivity index (χ0n) is 35.6. The quantitative estimate of drug-likeness (QED) is 0.164. The van der Waals surface area contributed by atoms with Crippen LogP contribution in [0.15, 0.2) is 121 Å². The summed E-state index contributed by atoms with van der Waals surface area (Å²) in [5, 5.41) is 4.95. The first-order valence-corrected chi connectivity index (χ1v) is 21.6. The van der Waals surface area contributed by atoms with Crippen LogP contribution in [0.25, 0.3) is 65.9 Å². The lowest BCUT2D eigenvalue weighted by molar-refractivity contribution is 0.122. The number of morpholine rings is 1. The minimum absolute atomic E-state index is 0.152. The van der Waals surface area contributed by atoms with Crippen molar-refractivity contribution >= 4 is 72.0 Å². The molecule has 0 bridgehead atoms. The molecule has 0 N–H and O–H groups in total. The van der Waals surface area contributed by atoms with Gasteiger partial charge >= 0.3 is 0 Å². The Kier molecular flexibility index (Phi) is 10.5. The minimum Gasteiger partial charge on any atom is -0.378 e. The summed E-state index contributed by atoms with van der Waals surface area (Å²) in [4.78, 5) is 18.8. The molecule has 5 heterocycles. The molecular formula is C53H42ClF4N5O. The molecule has 11 rings (SSSR count). The van der Waals surface area contributed by atoms with Gasteiger partial charge in [0.15, 0.2) is 0 Å². The average molecular weight is 876 g/mol. The van der Waals surface area contributed by atoms with E-state index in [4.69, 9.17) is 26.3 Å². The number of hydrogen-bond donors (Lipinski definition) is 0. The molecule has 0 amide bonds. The molecule has 6 nitrogen and oxygen atoms in total. The molecule has 3 aromatic heterocycles. The molecule has 9 aromatic rings. The predicted molar refractivity (Wildman–Crippen MR) is 251 cm³/mol. The maximum absolute atomic E-state index is 15.7. The van der Waals surface area contributed by atoms with Crippen LogP contribution in [-0.2, 0) is 10.2 Å². The van der Waals surface area contributed by atoms with Gasteiger partial charge < -0.3 is 14.5 Å². The molecule has 0 saturated carbocycles. The Balaban J connectivity index is 0.000000172. The maximum atomic E-state index is 15.7. The topological polar surface area (TPSA) is 54.4 Å². The van der Waals surface area contributed by atoms with Crippen molar-refractivity contribution in [1.82, 2.24) is 15.0 Å². The Labute approximate surface area is 372 Å². The van der Waals surface area contributed by atoms with Crippen molar-refractivity contribution in [3.8, 4) is 22.5 Å². The highest BCUT2D eigenvalue weighted by Gasteiger charge is 2.40. The van der Waals surface area contributed by atoms with Crippen LogP contribution >= 0.6 is 11.6 Å². The van der Waals surface area contributed by atoms with Gasteiger partial charge in [0.1, 0.15) is 23.3 Å². The molecule has 11 heteroatoms. The highest BCUT2D eigenvalue weighted by molar-refractivity contribution is 6.36. The highest BCUT2D eigenvalue weighted by Crippen LogP contribution is 2.49. The normalized spacial score (nSPS) is 14.6. The lowest BCUT2D eigenvalue weighted by Gasteiger charge is -2.30. The van der Waals surface area contributed by atoms with Gasteiger partial charge in [0.05, 0.1) is 80.4 Å². The monoisotopic (exact) mass is 875 g/mol. The van der Waals surface area contributed by atoms with Gasteiger partial charge in [-0.05, 0) is 52.6 Å². The van der Waals surface area contributed by atoms with E-state index in [1.165, 1.54) is 12.1 Å². The van der Waals surface area contributed by atoms with Crippen molar-refractivity contribution in [3.63, 3.8) is 0 Å². The molecule has 0 radical (unpaired) electrons. The Hall–Kier alpha value is -6.62. The van der Waals surface area contributed by atoms with Crippen LogP contribution in [0.1, 0.15) is 30.7 Å². The third-order valence-electron chi connectivity index (χ3n) is 12.5. The molecule has 2 aliphatic heterocycles. The summed E-state index contributed by atoms with van der Waals surface area (Å²) in [6.45, 7) is 11.6. The van der Waals surface area contributed by atoms with Crippen LogP contribution in [0.2, 0.25) is 5.02 Å². The number of pyridine rings is 3. The van der Waals surface area contributed by atoms with E-state index in [2.05, 4.69) is 52.9 Å². The summed E-state index contributed by atoms with van der Waals surface area (Å²) in [5.41, 5.74) is 8.54. The molecule has 0 atom stereocenters. The lowest BCUT2D eigenvalue weighted by Crippen LogP contribution is -2.36. The van der Waals surface area contributed by atoms with Crippen LogP contribution < -0.4 is 9.80 Å². The third-order valence-corrected chi connectivity index (χ3v) is 12.9. The molecular weight excluding hydrogens is 834 g/mol. The molecule has 2 aliphatic rings. The van der Waals surface area contributed by atoms with Gasteiger partial charge in [-0.3, -0.25) is 4.98 Å². The van der Waals surface area contributed by atoms with Crippen molar-refractivity contribution < 1.29 is 22.3 Å². The summed E-state index contributed by atoms with van der Waals surface area (Å²) >= 11 is 6.39. The van der Waals surface area contributed by atoms with Gasteiger partial charge in [-0.2, -0.15) is 0 Å². The molecule has 6 aromatic carbocycles. The molecule has 0 aliphatic carbocycles. The summed E-state index contributed by atoms with van der Waals surface area (Å²) in [6.07, 6.45) is 1.93. The zero-order chi connectivity index (χ0) is 44.4. The summed E-state index contributed by atoms with van der Waals surface area (Å²) in [5.74, 6) is -2.63. The molecule has 1 saturated heterocycles. The number of nitrogens with zero attached hydrogens (tertiary/aromatic N) is 5. The number of halogens is 5. The standard InChI is InChI=1S/C33H30F2N4O.C20H12ClF2N/c1-20-30(25-10-6-8-21-7-4-5-9-24(21)25)37-27-16-22(34)15-26(35)29(27)31(20)39-19-33(2,3)32-28(39)17-23(18-36-32)38-11-13-40-14-12-38;1-11-19(21)18-16(23)9-13(22)10-17(18)24-20(11)15-8-4-6-12-5-2-3-7-14(12)15/h4-10,15-18H,11-14,19H2,1-3H3;2-10H,1H3. The molecule has 320 valence electrons. The van der Waals surface area contributed by atoms with E-state index in [1.807, 2.05) is 79.9 Å². The van der Waals surface area contributed by atoms with Crippen LogP contribution in [0.5, 0.6) is 0 Å². The SMILES string of the molecule is Cc1c(-c2cccc3ccccc23)nc2cc(F)cc(F)c2c1Cl.Cc1c(-c2cccc3ccccc23)nc2cc(F)cc(F)c2c1N1CC(C)(C)c2ncc(N3CCOCC3)cc21. The molecule has 64 heavy (non-hydrogen) atoms. The van der Waals surface area contributed by atoms with E-state index >= 15 is 4.39 Å². The lowest BCUT2D eigenvalue weighted by atomic mass is 9.91. The number of fused-ring (bicyclic) bond motifs is 5. The van der Waals surface area contributed by atoms with Crippen molar-refractivity contribution in [2.24, 2.45) is 0 Å². The highest BCUT2D eigenvalue weighted by atomic mass is 35.5. The second-order valence-electron chi connectivity index (χ2n) is 17.1. The van der Waals surface area contributed by atoms with E-state index in [0.29, 0.717) is 53.3 Å². The first kappa shape index (κ1) is 41.4. The fourth-order valence-electron chi connectivity index (χ4n) is 9.39. The van der Waals surface area contributed by atoms with Gasteiger partial charge in [0.25, 0.3) is 0 Å². The maximum Gasteiger partial charge on any atom is 0.137 e. The number of ether oxygens (including phenoxy) is 1. The van der Waals surface area contributed by atoms with Crippen LogP contribution in [-0.4, -0.2) is 47.8 Å². The largest absolute Gasteiger partial charge is 0.378 e. The van der Waals surface area contributed by atoms with Crippen LogP contribution in [0.4, 0.5) is 34.6 Å². The average Bonchev–Trinajstić information content (AvgIpc) is 3.56. The molecule has 0 unspecified atom stereocenters. The summed E-state index contributed by atoms with van der Waals surface area (Å²) in [6, 6.07) is 34.5. The fourth-order valence-corrected chi connectivity index (χ4v) is 9.67. The molecule has 0 spiro atoms. The van der Waals surface area contributed by atoms with E-state index in [9.17, 15) is 13.2 Å². The van der Waals surface area contributed by atoms with Gasteiger partial charge in [0, 0.05) is 60.4 Å². The van der Waals surface area contributed by atoms with E-state index in [0.717, 1.165) is 80.5 Å². The van der Waals surface area contributed by atoms with E-state index < -0.39 is 23.3 Å². The van der Waals surface area contributed by atoms with Gasteiger partial charge in [-0.1, -0.05) is 110 Å². The second kappa shape index (κ2) is 16.2. The first-order valence-electron chi connectivity index (χ1n) is 21.2. The minimum atomic E-state index is -0.699.